The van der Waals surface area contributed by atoms with Crippen molar-refractivity contribution in [2.75, 3.05) is 0 Å². The van der Waals surface area contributed by atoms with E-state index in [0.717, 1.165) is 11.3 Å². The molecule has 0 aliphatic rings. The number of amides is 1. The Morgan fingerprint density at radius 2 is 2.20 bits per heavy atom. The molecule has 0 bridgehead atoms. The number of carbonyl (C=O) groups is 1. The van der Waals surface area contributed by atoms with Gasteiger partial charge in [0.2, 0.25) is 0 Å². The van der Waals surface area contributed by atoms with Gasteiger partial charge in [-0.25, -0.2) is 0 Å². The SMILES string of the molecule is CC(C)(C)Oc1cccc(CNC(=O)c2cn[nH]n2)c1. The lowest BCUT2D eigenvalue weighted by Crippen LogP contribution is -2.24. The zero-order valence-electron chi connectivity index (χ0n) is 11.8. The Hall–Kier alpha value is -2.37. The normalized spacial score (nSPS) is 11.2. The van der Waals surface area contributed by atoms with Crippen LogP contribution in [0.2, 0.25) is 0 Å². The third-order valence-corrected chi connectivity index (χ3v) is 2.42. The van der Waals surface area contributed by atoms with E-state index in [2.05, 4.69) is 20.7 Å². The molecule has 1 heterocycles. The second-order valence-electron chi connectivity index (χ2n) is 5.40. The molecule has 0 radical (unpaired) electrons. The number of aromatic nitrogens is 3. The van der Waals surface area contributed by atoms with Crippen molar-refractivity contribution in [2.24, 2.45) is 0 Å². The average Bonchev–Trinajstić information content (AvgIpc) is 2.88. The van der Waals surface area contributed by atoms with E-state index < -0.39 is 0 Å². The van der Waals surface area contributed by atoms with Crippen LogP contribution in [0.5, 0.6) is 5.75 Å². The summed E-state index contributed by atoms with van der Waals surface area (Å²) in [6.07, 6.45) is 1.38. The zero-order chi connectivity index (χ0) is 14.6. The van der Waals surface area contributed by atoms with Crippen molar-refractivity contribution in [3.8, 4) is 5.75 Å². The minimum Gasteiger partial charge on any atom is -0.488 e. The van der Waals surface area contributed by atoms with Crippen LogP contribution < -0.4 is 10.1 Å². The lowest BCUT2D eigenvalue weighted by molar-refractivity contribution is 0.0945. The summed E-state index contributed by atoms with van der Waals surface area (Å²) >= 11 is 0. The summed E-state index contributed by atoms with van der Waals surface area (Å²) in [5.41, 5.74) is 0.985. The van der Waals surface area contributed by atoms with Crippen LogP contribution in [0, 0.1) is 0 Å². The highest BCUT2D eigenvalue weighted by Gasteiger charge is 2.12. The number of H-pyrrole nitrogens is 1. The lowest BCUT2D eigenvalue weighted by atomic mass is 10.1. The summed E-state index contributed by atoms with van der Waals surface area (Å²) in [7, 11) is 0. The van der Waals surface area contributed by atoms with Gasteiger partial charge in [0.15, 0.2) is 5.69 Å². The maximum atomic E-state index is 11.7. The summed E-state index contributed by atoms with van der Waals surface area (Å²) in [5, 5.41) is 12.5. The van der Waals surface area contributed by atoms with E-state index in [9.17, 15) is 4.79 Å². The van der Waals surface area contributed by atoms with Crippen molar-refractivity contribution in [2.45, 2.75) is 32.9 Å². The highest BCUT2D eigenvalue weighted by Crippen LogP contribution is 2.19. The van der Waals surface area contributed by atoms with Gasteiger partial charge in [-0.1, -0.05) is 12.1 Å². The standard InChI is InChI=1S/C14H18N4O2/c1-14(2,3)20-11-6-4-5-10(7-11)8-15-13(19)12-9-16-18-17-12/h4-7,9H,8H2,1-3H3,(H,15,19)(H,16,17,18). The van der Waals surface area contributed by atoms with E-state index >= 15 is 0 Å². The molecule has 1 amide bonds. The second kappa shape index (κ2) is 5.73. The first-order chi connectivity index (χ1) is 9.44. The Kier molecular flexibility index (Phi) is 4.02. The quantitative estimate of drug-likeness (QED) is 0.892. The predicted molar refractivity (Wildman–Crippen MR) is 74.4 cm³/mol. The number of hydrogen-bond acceptors (Lipinski definition) is 4. The number of rotatable bonds is 4. The van der Waals surface area contributed by atoms with Gasteiger partial charge in [0, 0.05) is 6.54 Å². The summed E-state index contributed by atoms with van der Waals surface area (Å²) < 4.78 is 5.78. The number of nitrogens with one attached hydrogen (secondary N) is 2. The summed E-state index contributed by atoms with van der Waals surface area (Å²) in [6, 6.07) is 7.64. The molecule has 0 aliphatic carbocycles. The van der Waals surface area contributed by atoms with E-state index in [1.807, 2.05) is 45.0 Å². The van der Waals surface area contributed by atoms with Gasteiger partial charge in [-0.3, -0.25) is 4.79 Å². The van der Waals surface area contributed by atoms with E-state index in [-0.39, 0.29) is 17.2 Å². The molecular weight excluding hydrogens is 256 g/mol. The molecule has 2 N–H and O–H groups in total. The van der Waals surface area contributed by atoms with Gasteiger partial charge >= 0.3 is 0 Å². The van der Waals surface area contributed by atoms with Gasteiger partial charge in [0.1, 0.15) is 11.4 Å². The lowest BCUT2D eigenvalue weighted by Gasteiger charge is -2.21. The van der Waals surface area contributed by atoms with E-state index in [1.165, 1.54) is 6.20 Å². The maximum absolute atomic E-state index is 11.7. The van der Waals surface area contributed by atoms with Crippen molar-refractivity contribution in [3.63, 3.8) is 0 Å². The maximum Gasteiger partial charge on any atom is 0.273 e. The Bertz CT molecular complexity index is 573. The highest BCUT2D eigenvalue weighted by molar-refractivity contribution is 5.91. The van der Waals surface area contributed by atoms with Crippen molar-refractivity contribution in [1.82, 2.24) is 20.7 Å². The van der Waals surface area contributed by atoms with Crippen molar-refractivity contribution < 1.29 is 9.53 Å². The molecule has 0 saturated carbocycles. The Morgan fingerprint density at radius 1 is 1.40 bits per heavy atom. The monoisotopic (exact) mass is 274 g/mol. The molecule has 0 spiro atoms. The molecule has 0 aliphatic heterocycles. The minimum absolute atomic E-state index is 0.247. The van der Waals surface area contributed by atoms with Gasteiger partial charge < -0.3 is 10.1 Å². The topological polar surface area (TPSA) is 79.9 Å². The van der Waals surface area contributed by atoms with Crippen LogP contribution in [-0.4, -0.2) is 26.9 Å². The molecule has 106 valence electrons. The molecule has 0 atom stereocenters. The van der Waals surface area contributed by atoms with Crippen molar-refractivity contribution in [1.29, 1.82) is 0 Å². The summed E-state index contributed by atoms with van der Waals surface area (Å²) in [5.74, 6) is 0.520. The molecule has 0 saturated heterocycles. The first-order valence-electron chi connectivity index (χ1n) is 6.36. The molecule has 1 aromatic carbocycles. The molecular formula is C14H18N4O2. The largest absolute Gasteiger partial charge is 0.488 e. The van der Waals surface area contributed by atoms with Gasteiger partial charge in [-0.2, -0.15) is 15.4 Å². The molecule has 20 heavy (non-hydrogen) atoms. The third kappa shape index (κ3) is 4.08. The van der Waals surface area contributed by atoms with Crippen molar-refractivity contribution >= 4 is 5.91 Å². The third-order valence-electron chi connectivity index (χ3n) is 2.42. The van der Waals surface area contributed by atoms with E-state index in [0.29, 0.717) is 6.54 Å². The number of ether oxygens (including phenoxy) is 1. The van der Waals surface area contributed by atoms with Gasteiger partial charge in [-0.15, -0.1) is 0 Å². The molecule has 2 rings (SSSR count). The van der Waals surface area contributed by atoms with Crippen molar-refractivity contribution in [3.05, 3.63) is 41.7 Å². The Labute approximate surface area is 117 Å². The molecule has 6 heteroatoms. The first kappa shape index (κ1) is 14.0. The predicted octanol–water partition coefficient (Wildman–Crippen LogP) is 1.91. The Morgan fingerprint density at radius 3 is 2.85 bits per heavy atom. The minimum atomic E-state index is -0.263. The number of nitrogens with zero attached hydrogens (tertiary/aromatic N) is 2. The summed E-state index contributed by atoms with van der Waals surface area (Å²) in [4.78, 5) is 11.7. The number of aromatic amines is 1. The van der Waals surface area contributed by atoms with Crippen LogP contribution in [-0.2, 0) is 6.54 Å². The molecule has 0 unspecified atom stereocenters. The fraction of sp³-hybridized carbons (Fsp3) is 0.357. The zero-order valence-corrected chi connectivity index (χ0v) is 11.8. The van der Waals surface area contributed by atoms with E-state index in [1.54, 1.807) is 0 Å². The van der Waals surface area contributed by atoms with Crippen LogP contribution >= 0.6 is 0 Å². The van der Waals surface area contributed by atoms with Gasteiger partial charge in [-0.05, 0) is 38.5 Å². The van der Waals surface area contributed by atoms with Crippen LogP contribution in [0.3, 0.4) is 0 Å². The average molecular weight is 274 g/mol. The van der Waals surface area contributed by atoms with Crippen LogP contribution in [0.4, 0.5) is 0 Å². The van der Waals surface area contributed by atoms with Gasteiger partial charge in [0.25, 0.3) is 5.91 Å². The van der Waals surface area contributed by atoms with E-state index in [4.69, 9.17) is 4.74 Å². The molecule has 1 aromatic heterocycles. The first-order valence-corrected chi connectivity index (χ1v) is 6.36. The number of carbonyl (C=O) groups excluding carboxylic acids is 1. The fourth-order valence-corrected chi connectivity index (χ4v) is 1.66. The fourth-order valence-electron chi connectivity index (χ4n) is 1.66. The highest BCUT2D eigenvalue weighted by atomic mass is 16.5. The van der Waals surface area contributed by atoms with Crippen LogP contribution in [0.1, 0.15) is 36.8 Å². The molecule has 2 aromatic rings. The summed E-state index contributed by atoms with van der Waals surface area (Å²) in [6.45, 7) is 6.39. The van der Waals surface area contributed by atoms with Crippen LogP contribution in [0.25, 0.3) is 0 Å². The smallest absolute Gasteiger partial charge is 0.273 e. The molecule has 6 nitrogen and oxygen atoms in total. The molecule has 0 fully saturated rings. The number of benzene rings is 1. The van der Waals surface area contributed by atoms with Crippen LogP contribution in [0.15, 0.2) is 30.5 Å². The Balaban J connectivity index is 1.96. The van der Waals surface area contributed by atoms with Gasteiger partial charge in [0.05, 0.1) is 6.20 Å². The second-order valence-corrected chi connectivity index (χ2v) is 5.40. The number of hydrogen-bond donors (Lipinski definition) is 2.